The van der Waals surface area contributed by atoms with Gasteiger partial charge in [-0.1, -0.05) is 13.0 Å². The van der Waals surface area contributed by atoms with Crippen molar-refractivity contribution < 1.29 is 9.53 Å². The van der Waals surface area contributed by atoms with E-state index in [1.54, 1.807) is 18.4 Å². The third-order valence-corrected chi connectivity index (χ3v) is 4.50. The molecule has 1 aromatic rings. The summed E-state index contributed by atoms with van der Waals surface area (Å²) in [6.45, 7) is 4.33. The van der Waals surface area contributed by atoms with Crippen LogP contribution in [0.15, 0.2) is 22.5 Å². The maximum atomic E-state index is 11.7. The molecule has 0 aromatic carbocycles. The molecule has 20 heavy (non-hydrogen) atoms. The van der Waals surface area contributed by atoms with Crippen LogP contribution in [-0.2, 0) is 16.1 Å². The van der Waals surface area contributed by atoms with Gasteiger partial charge in [0.1, 0.15) is 0 Å². The van der Waals surface area contributed by atoms with Gasteiger partial charge < -0.3 is 15.0 Å². The molecule has 0 saturated carbocycles. The fourth-order valence-electron chi connectivity index (χ4n) is 2.51. The van der Waals surface area contributed by atoms with E-state index in [9.17, 15) is 4.79 Å². The molecule has 1 N–H and O–H groups in total. The monoisotopic (exact) mass is 295 g/mol. The van der Waals surface area contributed by atoms with Crippen LogP contribution in [0.25, 0.3) is 0 Å². The largest absolute Gasteiger partial charge is 0.469 e. The van der Waals surface area contributed by atoms with Crippen LogP contribution in [0, 0.1) is 11.8 Å². The minimum absolute atomic E-state index is 0.0692. The number of thiophene rings is 1. The molecule has 2 atom stereocenters. The van der Waals surface area contributed by atoms with E-state index in [2.05, 4.69) is 33.6 Å². The Morgan fingerprint density at radius 3 is 3.00 bits per heavy atom. The first-order valence-corrected chi connectivity index (χ1v) is 7.59. The lowest BCUT2D eigenvalue weighted by atomic mass is 9.99. The van der Waals surface area contributed by atoms with E-state index < -0.39 is 0 Å². The van der Waals surface area contributed by atoms with Crippen LogP contribution < -0.4 is 5.32 Å². The second-order valence-electron chi connectivity index (χ2n) is 4.99. The van der Waals surface area contributed by atoms with Gasteiger partial charge >= 0.3 is 5.97 Å². The van der Waals surface area contributed by atoms with Crippen molar-refractivity contribution in [3.8, 4) is 0 Å². The summed E-state index contributed by atoms with van der Waals surface area (Å²) in [5.74, 6) is 0.924. The van der Waals surface area contributed by atoms with E-state index in [-0.39, 0.29) is 17.8 Å². The number of esters is 1. The van der Waals surface area contributed by atoms with Crippen LogP contribution in [0.1, 0.15) is 11.8 Å². The molecule has 1 saturated heterocycles. The summed E-state index contributed by atoms with van der Waals surface area (Å²) in [5.41, 5.74) is 0. The molecule has 1 aromatic heterocycles. The molecular formula is C14H21N3O2S. The number of carbonyl (C=O) groups excluding carboxylic acids is 1. The SMILES string of the molecule is CN=C(NCc1cccs1)N1CC(C)C(C(=O)OC)C1. The van der Waals surface area contributed by atoms with E-state index in [1.165, 1.54) is 12.0 Å². The predicted octanol–water partition coefficient (Wildman–Crippen LogP) is 1.56. The van der Waals surface area contributed by atoms with Gasteiger partial charge in [0.2, 0.25) is 0 Å². The molecule has 1 aliphatic heterocycles. The number of methoxy groups -OCH3 is 1. The number of hydrogen-bond donors (Lipinski definition) is 1. The van der Waals surface area contributed by atoms with Gasteiger partial charge in [-0.3, -0.25) is 9.79 Å². The molecule has 1 aliphatic rings. The van der Waals surface area contributed by atoms with Crippen molar-refractivity contribution >= 4 is 23.3 Å². The van der Waals surface area contributed by atoms with E-state index >= 15 is 0 Å². The molecule has 0 spiro atoms. The molecule has 0 bridgehead atoms. The summed E-state index contributed by atoms with van der Waals surface area (Å²) in [6, 6.07) is 4.13. The third-order valence-electron chi connectivity index (χ3n) is 3.63. The van der Waals surface area contributed by atoms with Crippen molar-refractivity contribution in [3.05, 3.63) is 22.4 Å². The van der Waals surface area contributed by atoms with Crippen LogP contribution in [0.5, 0.6) is 0 Å². The second-order valence-corrected chi connectivity index (χ2v) is 6.02. The van der Waals surface area contributed by atoms with Gasteiger partial charge in [-0.05, 0) is 17.4 Å². The molecule has 0 aliphatic carbocycles. The number of nitrogens with one attached hydrogen (secondary N) is 1. The summed E-state index contributed by atoms with van der Waals surface area (Å²) >= 11 is 1.72. The first kappa shape index (κ1) is 14.8. The quantitative estimate of drug-likeness (QED) is 0.522. The number of likely N-dealkylation sites (tertiary alicyclic amines) is 1. The number of rotatable bonds is 3. The maximum Gasteiger partial charge on any atom is 0.310 e. The van der Waals surface area contributed by atoms with Gasteiger partial charge in [0, 0.05) is 25.0 Å². The lowest BCUT2D eigenvalue weighted by Crippen LogP contribution is -2.40. The van der Waals surface area contributed by atoms with Gasteiger partial charge in [0.05, 0.1) is 19.6 Å². The maximum absolute atomic E-state index is 11.7. The molecule has 0 amide bonds. The summed E-state index contributed by atoms with van der Waals surface area (Å²) in [4.78, 5) is 19.4. The lowest BCUT2D eigenvalue weighted by Gasteiger charge is -2.21. The highest BCUT2D eigenvalue weighted by atomic mass is 32.1. The summed E-state index contributed by atoms with van der Waals surface area (Å²) in [5, 5.41) is 5.41. The Kier molecular flexibility index (Phi) is 5.00. The van der Waals surface area contributed by atoms with Crippen molar-refractivity contribution in [2.75, 3.05) is 27.2 Å². The lowest BCUT2D eigenvalue weighted by molar-refractivity contribution is -0.145. The average Bonchev–Trinajstić information content (AvgIpc) is 3.08. The first-order valence-electron chi connectivity index (χ1n) is 6.71. The fraction of sp³-hybridized carbons (Fsp3) is 0.571. The summed E-state index contributed by atoms with van der Waals surface area (Å²) in [6.07, 6.45) is 0. The third kappa shape index (κ3) is 3.30. The molecule has 0 radical (unpaired) electrons. The average molecular weight is 295 g/mol. The van der Waals surface area contributed by atoms with E-state index in [4.69, 9.17) is 4.74 Å². The van der Waals surface area contributed by atoms with Crippen molar-refractivity contribution in [3.63, 3.8) is 0 Å². The summed E-state index contributed by atoms with van der Waals surface area (Å²) in [7, 11) is 3.22. The minimum atomic E-state index is -0.131. The number of nitrogens with zero attached hydrogens (tertiary/aromatic N) is 2. The predicted molar refractivity (Wildman–Crippen MR) is 80.8 cm³/mol. The molecule has 2 unspecified atom stereocenters. The summed E-state index contributed by atoms with van der Waals surface area (Å²) < 4.78 is 4.86. The highest BCUT2D eigenvalue weighted by Crippen LogP contribution is 2.24. The molecule has 1 fully saturated rings. The van der Waals surface area contributed by atoms with Crippen molar-refractivity contribution in [1.29, 1.82) is 0 Å². The molecule has 2 rings (SSSR count). The second kappa shape index (κ2) is 6.74. The van der Waals surface area contributed by atoms with Crippen LogP contribution in [0.2, 0.25) is 0 Å². The number of ether oxygens (including phenoxy) is 1. The molecule has 5 nitrogen and oxygen atoms in total. The molecular weight excluding hydrogens is 274 g/mol. The Morgan fingerprint density at radius 1 is 1.60 bits per heavy atom. The topological polar surface area (TPSA) is 53.9 Å². The Balaban J connectivity index is 1.94. The van der Waals surface area contributed by atoms with Gasteiger partial charge in [0.25, 0.3) is 0 Å². The normalized spacial score (nSPS) is 22.9. The van der Waals surface area contributed by atoms with Crippen LogP contribution in [0.4, 0.5) is 0 Å². The van der Waals surface area contributed by atoms with Crippen LogP contribution in [-0.4, -0.2) is 44.1 Å². The first-order chi connectivity index (χ1) is 9.65. The Morgan fingerprint density at radius 2 is 2.40 bits per heavy atom. The van der Waals surface area contributed by atoms with Crippen molar-refractivity contribution in [2.45, 2.75) is 13.5 Å². The zero-order valence-corrected chi connectivity index (χ0v) is 12.9. The highest BCUT2D eigenvalue weighted by Gasteiger charge is 2.36. The number of guanidine groups is 1. The molecule has 6 heteroatoms. The van der Waals surface area contributed by atoms with Crippen LogP contribution >= 0.6 is 11.3 Å². The van der Waals surface area contributed by atoms with E-state index in [0.717, 1.165) is 19.0 Å². The van der Waals surface area contributed by atoms with Crippen molar-refractivity contribution in [2.24, 2.45) is 16.8 Å². The van der Waals surface area contributed by atoms with Gasteiger partial charge in [-0.25, -0.2) is 0 Å². The Hall–Kier alpha value is -1.56. The molecule has 2 heterocycles. The van der Waals surface area contributed by atoms with Crippen LogP contribution in [0.3, 0.4) is 0 Å². The number of hydrogen-bond acceptors (Lipinski definition) is 4. The fourth-order valence-corrected chi connectivity index (χ4v) is 3.15. The highest BCUT2D eigenvalue weighted by molar-refractivity contribution is 7.09. The van der Waals surface area contributed by atoms with E-state index in [1.807, 2.05) is 6.07 Å². The standard InChI is InChI=1S/C14H21N3O2S/c1-10-8-17(9-12(10)13(18)19-3)14(15-2)16-7-11-5-4-6-20-11/h4-6,10,12H,7-9H2,1-3H3,(H,15,16). The minimum Gasteiger partial charge on any atom is -0.469 e. The zero-order valence-electron chi connectivity index (χ0n) is 12.1. The van der Waals surface area contributed by atoms with Crippen molar-refractivity contribution in [1.82, 2.24) is 10.2 Å². The number of aliphatic imine (C=N–C) groups is 1. The van der Waals surface area contributed by atoms with Gasteiger partial charge in [0.15, 0.2) is 5.96 Å². The zero-order chi connectivity index (χ0) is 14.5. The number of carbonyl (C=O) groups is 1. The van der Waals surface area contributed by atoms with Gasteiger partial charge in [-0.15, -0.1) is 11.3 Å². The van der Waals surface area contributed by atoms with E-state index in [0.29, 0.717) is 6.54 Å². The Bertz CT molecular complexity index is 473. The smallest absolute Gasteiger partial charge is 0.310 e. The Labute approximate surface area is 123 Å². The molecule has 110 valence electrons. The van der Waals surface area contributed by atoms with Gasteiger partial charge in [-0.2, -0.15) is 0 Å².